The van der Waals surface area contributed by atoms with Crippen molar-refractivity contribution in [3.63, 3.8) is 0 Å². The van der Waals surface area contributed by atoms with Gasteiger partial charge in [-0.3, -0.25) is 9.59 Å². The zero-order valence-electron chi connectivity index (χ0n) is 9.64. The van der Waals surface area contributed by atoms with Crippen molar-refractivity contribution in [3.8, 4) is 0 Å². The summed E-state index contributed by atoms with van der Waals surface area (Å²) in [7, 11) is 0. The first kappa shape index (κ1) is 13.3. The van der Waals surface area contributed by atoms with Gasteiger partial charge in [0.05, 0.1) is 18.8 Å². The maximum Gasteiger partial charge on any atom is 0.255 e. The Morgan fingerprint density at radius 3 is 2.78 bits per heavy atom. The first-order chi connectivity index (χ1) is 8.61. The number of primary amides is 1. The van der Waals surface area contributed by atoms with Gasteiger partial charge in [0, 0.05) is 10.1 Å². The number of hydrogen-bond acceptors (Lipinski definition) is 3. The van der Waals surface area contributed by atoms with Crippen LogP contribution in [0.3, 0.4) is 0 Å². The van der Waals surface area contributed by atoms with Crippen LogP contribution in [0.2, 0.25) is 0 Å². The largest absolute Gasteiger partial charge is 0.377 e. The Hall–Kier alpha value is -1.15. The molecular formula is C12H13IN2O3. The second-order valence-electron chi connectivity index (χ2n) is 3.97. The molecule has 1 aromatic rings. The van der Waals surface area contributed by atoms with Gasteiger partial charge in [-0.05, 0) is 34.7 Å². The van der Waals surface area contributed by atoms with E-state index in [0.717, 1.165) is 3.57 Å². The Labute approximate surface area is 118 Å². The maximum absolute atomic E-state index is 12.4. The molecule has 0 aromatic heterocycles. The predicted molar refractivity (Wildman–Crippen MR) is 74.0 cm³/mol. The van der Waals surface area contributed by atoms with Crippen LogP contribution in [0.1, 0.15) is 10.4 Å². The highest BCUT2D eigenvalue weighted by atomic mass is 127. The summed E-state index contributed by atoms with van der Waals surface area (Å²) in [6.07, 6.45) is 0. The first-order valence-electron chi connectivity index (χ1n) is 5.54. The van der Waals surface area contributed by atoms with Gasteiger partial charge in [-0.15, -0.1) is 0 Å². The molecule has 2 amide bonds. The molecule has 0 bridgehead atoms. The molecule has 2 rings (SSSR count). The SMILES string of the molecule is NC(=O)C1COCCN1C(=O)c1ccccc1I. The highest BCUT2D eigenvalue weighted by molar-refractivity contribution is 14.1. The number of nitrogens with two attached hydrogens (primary N) is 1. The average Bonchev–Trinajstić information content (AvgIpc) is 2.38. The molecule has 1 fully saturated rings. The summed E-state index contributed by atoms with van der Waals surface area (Å²) in [6, 6.07) is 6.59. The molecular weight excluding hydrogens is 347 g/mol. The quantitative estimate of drug-likeness (QED) is 0.786. The van der Waals surface area contributed by atoms with Crippen LogP contribution in [0.5, 0.6) is 0 Å². The van der Waals surface area contributed by atoms with Gasteiger partial charge >= 0.3 is 0 Å². The second kappa shape index (κ2) is 5.66. The van der Waals surface area contributed by atoms with Crippen molar-refractivity contribution in [1.29, 1.82) is 0 Å². The van der Waals surface area contributed by atoms with Gasteiger partial charge in [0.1, 0.15) is 6.04 Å². The number of nitrogens with zero attached hydrogens (tertiary/aromatic N) is 1. The number of carbonyl (C=O) groups is 2. The Morgan fingerprint density at radius 2 is 2.11 bits per heavy atom. The van der Waals surface area contributed by atoms with E-state index in [0.29, 0.717) is 18.7 Å². The predicted octanol–water partition coefficient (Wildman–Crippen LogP) is 0.618. The Balaban J connectivity index is 2.27. The lowest BCUT2D eigenvalue weighted by Gasteiger charge is -2.33. The zero-order valence-corrected chi connectivity index (χ0v) is 11.8. The Kier molecular flexibility index (Phi) is 4.18. The van der Waals surface area contributed by atoms with E-state index in [1.165, 1.54) is 4.90 Å². The van der Waals surface area contributed by atoms with Gasteiger partial charge in [-0.2, -0.15) is 0 Å². The number of carbonyl (C=O) groups excluding carboxylic acids is 2. The minimum atomic E-state index is -0.678. The number of morpholine rings is 1. The van der Waals surface area contributed by atoms with Gasteiger partial charge in [-0.1, -0.05) is 12.1 Å². The fourth-order valence-corrected chi connectivity index (χ4v) is 2.49. The molecule has 1 saturated heterocycles. The van der Waals surface area contributed by atoms with E-state index in [4.69, 9.17) is 10.5 Å². The normalized spacial score (nSPS) is 19.6. The van der Waals surface area contributed by atoms with Crippen LogP contribution in [0, 0.1) is 3.57 Å². The molecule has 5 nitrogen and oxygen atoms in total. The first-order valence-corrected chi connectivity index (χ1v) is 6.61. The summed E-state index contributed by atoms with van der Waals surface area (Å²) < 4.78 is 6.05. The van der Waals surface area contributed by atoms with Crippen molar-refractivity contribution in [3.05, 3.63) is 33.4 Å². The molecule has 1 unspecified atom stereocenters. The molecule has 1 atom stereocenters. The fourth-order valence-electron chi connectivity index (χ4n) is 1.87. The molecule has 1 aromatic carbocycles. The van der Waals surface area contributed by atoms with Crippen molar-refractivity contribution < 1.29 is 14.3 Å². The number of amides is 2. The minimum absolute atomic E-state index is 0.171. The molecule has 0 spiro atoms. The summed E-state index contributed by atoms with van der Waals surface area (Å²) >= 11 is 2.10. The molecule has 1 aliphatic heterocycles. The lowest BCUT2D eigenvalue weighted by atomic mass is 10.1. The van der Waals surface area contributed by atoms with Gasteiger partial charge < -0.3 is 15.4 Å². The topological polar surface area (TPSA) is 72.6 Å². The molecule has 6 heteroatoms. The van der Waals surface area contributed by atoms with Crippen molar-refractivity contribution in [1.82, 2.24) is 4.90 Å². The van der Waals surface area contributed by atoms with Gasteiger partial charge in [0.15, 0.2) is 0 Å². The van der Waals surface area contributed by atoms with Crippen LogP contribution in [-0.4, -0.2) is 42.5 Å². The van der Waals surface area contributed by atoms with Crippen molar-refractivity contribution in [2.75, 3.05) is 19.8 Å². The molecule has 1 heterocycles. The number of ether oxygens (including phenoxy) is 1. The second-order valence-corrected chi connectivity index (χ2v) is 5.13. The van der Waals surface area contributed by atoms with E-state index in [2.05, 4.69) is 22.6 Å². The van der Waals surface area contributed by atoms with Gasteiger partial charge in [-0.25, -0.2) is 0 Å². The van der Waals surface area contributed by atoms with Crippen LogP contribution in [0.25, 0.3) is 0 Å². The Morgan fingerprint density at radius 1 is 1.39 bits per heavy atom. The van der Waals surface area contributed by atoms with E-state index in [9.17, 15) is 9.59 Å². The van der Waals surface area contributed by atoms with Crippen LogP contribution in [-0.2, 0) is 9.53 Å². The summed E-state index contributed by atoms with van der Waals surface area (Å²) in [6.45, 7) is 0.987. The number of benzene rings is 1. The molecule has 1 aliphatic rings. The van der Waals surface area contributed by atoms with Crippen LogP contribution in [0.15, 0.2) is 24.3 Å². The van der Waals surface area contributed by atoms with Crippen molar-refractivity contribution >= 4 is 34.4 Å². The highest BCUT2D eigenvalue weighted by Gasteiger charge is 2.32. The number of rotatable bonds is 2. The van der Waals surface area contributed by atoms with E-state index < -0.39 is 11.9 Å². The van der Waals surface area contributed by atoms with E-state index in [-0.39, 0.29) is 12.5 Å². The standard InChI is InChI=1S/C12H13IN2O3/c13-9-4-2-1-3-8(9)12(17)15-5-6-18-7-10(15)11(14)16/h1-4,10H,5-7H2,(H2,14,16). The van der Waals surface area contributed by atoms with Crippen LogP contribution in [0.4, 0.5) is 0 Å². The number of hydrogen-bond donors (Lipinski definition) is 1. The van der Waals surface area contributed by atoms with E-state index in [1.54, 1.807) is 12.1 Å². The lowest BCUT2D eigenvalue weighted by Crippen LogP contribution is -2.54. The minimum Gasteiger partial charge on any atom is -0.377 e. The highest BCUT2D eigenvalue weighted by Crippen LogP contribution is 2.17. The lowest BCUT2D eigenvalue weighted by molar-refractivity contribution is -0.127. The smallest absolute Gasteiger partial charge is 0.255 e. The number of halogens is 1. The Bertz CT molecular complexity index is 478. The summed E-state index contributed by atoms with van der Waals surface area (Å²) in [4.78, 5) is 25.2. The fraction of sp³-hybridized carbons (Fsp3) is 0.333. The molecule has 96 valence electrons. The van der Waals surface area contributed by atoms with Gasteiger partial charge in [0.25, 0.3) is 5.91 Å². The van der Waals surface area contributed by atoms with E-state index in [1.807, 2.05) is 12.1 Å². The van der Waals surface area contributed by atoms with Crippen LogP contribution < -0.4 is 5.73 Å². The van der Waals surface area contributed by atoms with Gasteiger partial charge in [0.2, 0.25) is 5.91 Å². The van der Waals surface area contributed by atoms with Crippen molar-refractivity contribution in [2.45, 2.75) is 6.04 Å². The third-order valence-corrected chi connectivity index (χ3v) is 3.76. The van der Waals surface area contributed by atoms with E-state index >= 15 is 0 Å². The third-order valence-electron chi connectivity index (χ3n) is 2.82. The summed E-state index contributed by atoms with van der Waals surface area (Å²) in [5.74, 6) is -0.707. The molecule has 2 N–H and O–H groups in total. The monoisotopic (exact) mass is 360 g/mol. The maximum atomic E-state index is 12.4. The molecule has 18 heavy (non-hydrogen) atoms. The van der Waals surface area contributed by atoms with Crippen molar-refractivity contribution in [2.24, 2.45) is 5.73 Å². The summed E-state index contributed by atoms with van der Waals surface area (Å²) in [5, 5.41) is 0. The van der Waals surface area contributed by atoms with Crippen LogP contribution >= 0.6 is 22.6 Å². The molecule has 0 radical (unpaired) electrons. The molecule has 0 aliphatic carbocycles. The average molecular weight is 360 g/mol. The zero-order chi connectivity index (χ0) is 13.1. The molecule has 0 saturated carbocycles. The third kappa shape index (κ3) is 2.64. The summed E-state index contributed by atoms with van der Waals surface area (Å²) in [5.41, 5.74) is 5.89.